The Kier molecular flexibility index (Phi) is 4.50. The molecule has 1 saturated heterocycles. The highest BCUT2D eigenvalue weighted by Gasteiger charge is 2.24. The van der Waals surface area contributed by atoms with Gasteiger partial charge >= 0.3 is 0 Å². The van der Waals surface area contributed by atoms with Crippen LogP contribution in [0, 0.1) is 26.7 Å². The van der Waals surface area contributed by atoms with Gasteiger partial charge in [-0.2, -0.15) is 0 Å². The molecule has 0 bridgehead atoms. The van der Waals surface area contributed by atoms with Crippen LogP contribution in [0.5, 0.6) is 0 Å². The van der Waals surface area contributed by atoms with Gasteiger partial charge in [0.1, 0.15) is 0 Å². The predicted molar refractivity (Wildman–Crippen MR) is 82.4 cm³/mol. The lowest BCUT2D eigenvalue weighted by atomic mass is 9.96. The van der Waals surface area contributed by atoms with Crippen molar-refractivity contribution in [3.63, 3.8) is 0 Å². The summed E-state index contributed by atoms with van der Waals surface area (Å²) in [6.45, 7) is 12.6. The largest absolute Gasteiger partial charge is 0.299 e. The molecule has 2 atom stereocenters. The number of benzene rings is 1. The average Bonchev–Trinajstić information content (AvgIpc) is 2.28. The van der Waals surface area contributed by atoms with E-state index in [1.54, 1.807) is 0 Å². The summed E-state index contributed by atoms with van der Waals surface area (Å²) in [4.78, 5) is 3.31. The Bertz CT molecular complexity index is 404. The fraction of sp³-hybridized carbons (Fsp3) is 0.625. The molecule has 0 aliphatic carbocycles. The van der Waals surface area contributed by atoms with Crippen LogP contribution in [-0.2, 0) is 6.54 Å². The summed E-state index contributed by atoms with van der Waals surface area (Å²) in [5.74, 6) is 0.754. The monoisotopic (exact) mass is 309 g/mol. The number of piperidine rings is 1. The van der Waals surface area contributed by atoms with Crippen molar-refractivity contribution in [2.75, 3.05) is 13.1 Å². The lowest BCUT2D eigenvalue weighted by Gasteiger charge is -2.35. The minimum absolute atomic E-state index is 0.703. The summed E-state index contributed by atoms with van der Waals surface area (Å²) in [6, 6.07) is 4.62. The van der Waals surface area contributed by atoms with Crippen LogP contribution < -0.4 is 0 Å². The number of likely N-dealkylation sites (tertiary alicyclic amines) is 1. The lowest BCUT2D eigenvalue weighted by molar-refractivity contribution is 0.183. The molecule has 0 saturated carbocycles. The van der Waals surface area contributed by atoms with Gasteiger partial charge in [0.2, 0.25) is 0 Å². The van der Waals surface area contributed by atoms with Gasteiger partial charge < -0.3 is 0 Å². The summed E-state index contributed by atoms with van der Waals surface area (Å²) in [5.41, 5.74) is 5.80. The Morgan fingerprint density at radius 3 is 2.39 bits per heavy atom. The first-order valence-electron chi connectivity index (χ1n) is 6.90. The molecule has 1 fully saturated rings. The zero-order valence-electron chi connectivity index (χ0n) is 12.0. The summed E-state index contributed by atoms with van der Waals surface area (Å²) >= 11 is 3.78. The van der Waals surface area contributed by atoms with Crippen LogP contribution in [0.25, 0.3) is 0 Å². The number of hydrogen-bond acceptors (Lipinski definition) is 1. The average molecular weight is 310 g/mol. The van der Waals surface area contributed by atoms with E-state index in [1.165, 1.54) is 41.8 Å². The molecule has 0 amide bonds. The summed E-state index contributed by atoms with van der Waals surface area (Å²) in [5, 5.41) is 0. The minimum Gasteiger partial charge on any atom is -0.299 e. The Balaban J connectivity index is 2.10. The lowest BCUT2D eigenvalue weighted by Crippen LogP contribution is -2.39. The summed E-state index contributed by atoms with van der Waals surface area (Å²) in [6.07, 6.45) is 1.27. The van der Waals surface area contributed by atoms with Crippen LogP contribution in [0.15, 0.2) is 12.1 Å². The van der Waals surface area contributed by atoms with Crippen molar-refractivity contribution in [1.29, 1.82) is 0 Å². The highest BCUT2D eigenvalue weighted by Crippen LogP contribution is 2.26. The van der Waals surface area contributed by atoms with Crippen LogP contribution >= 0.6 is 15.9 Å². The zero-order valence-corrected chi connectivity index (χ0v) is 13.5. The van der Waals surface area contributed by atoms with E-state index in [4.69, 9.17) is 0 Å². The van der Waals surface area contributed by atoms with Crippen LogP contribution in [0.2, 0.25) is 0 Å². The standard InChI is InChI=1S/C16H24BrN/c1-11-7-12(2)15(13(3)8-11)10-18-6-5-16(17)14(4)9-18/h7-8,14,16H,5-6,9-10H2,1-4H3. The van der Waals surface area contributed by atoms with E-state index in [0.29, 0.717) is 4.83 Å². The molecule has 100 valence electrons. The second-order valence-electron chi connectivity index (χ2n) is 5.89. The molecule has 1 aliphatic heterocycles. The molecule has 0 aromatic heterocycles. The maximum absolute atomic E-state index is 3.78. The molecule has 1 aliphatic rings. The molecule has 18 heavy (non-hydrogen) atoms. The van der Waals surface area contributed by atoms with E-state index in [1.807, 2.05) is 0 Å². The topological polar surface area (TPSA) is 3.24 Å². The third kappa shape index (κ3) is 3.16. The van der Waals surface area contributed by atoms with Gasteiger partial charge in [-0.15, -0.1) is 0 Å². The van der Waals surface area contributed by atoms with E-state index in [9.17, 15) is 0 Å². The summed E-state index contributed by atoms with van der Waals surface area (Å²) in [7, 11) is 0. The number of halogens is 1. The molecule has 2 unspecified atom stereocenters. The van der Waals surface area contributed by atoms with Gasteiger partial charge in [0.05, 0.1) is 0 Å². The van der Waals surface area contributed by atoms with Gasteiger partial charge in [-0.05, 0) is 56.3 Å². The van der Waals surface area contributed by atoms with E-state index in [0.717, 1.165) is 12.5 Å². The van der Waals surface area contributed by atoms with Crippen molar-refractivity contribution < 1.29 is 0 Å². The fourth-order valence-electron chi connectivity index (χ4n) is 3.03. The van der Waals surface area contributed by atoms with Gasteiger partial charge in [0.25, 0.3) is 0 Å². The minimum atomic E-state index is 0.703. The quantitative estimate of drug-likeness (QED) is 0.739. The Morgan fingerprint density at radius 2 is 1.83 bits per heavy atom. The predicted octanol–water partition coefficient (Wildman–Crippen LogP) is 4.22. The Hall–Kier alpha value is -0.340. The molecule has 0 spiro atoms. The number of rotatable bonds is 2. The first-order chi connectivity index (χ1) is 8.47. The number of alkyl halides is 1. The fourth-order valence-corrected chi connectivity index (χ4v) is 3.40. The maximum Gasteiger partial charge on any atom is 0.0239 e. The van der Waals surface area contributed by atoms with Gasteiger partial charge in [0, 0.05) is 17.9 Å². The maximum atomic E-state index is 3.78. The molecule has 1 nitrogen and oxygen atoms in total. The number of nitrogens with zero attached hydrogens (tertiary/aromatic N) is 1. The van der Waals surface area contributed by atoms with Crippen LogP contribution in [0.4, 0.5) is 0 Å². The highest BCUT2D eigenvalue weighted by atomic mass is 79.9. The van der Waals surface area contributed by atoms with Gasteiger partial charge in [0.15, 0.2) is 0 Å². The van der Waals surface area contributed by atoms with Crippen molar-refractivity contribution in [3.8, 4) is 0 Å². The number of hydrogen-bond donors (Lipinski definition) is 0. The third-order valence-electron chi connectivity index (χ3n) is 4.11. The van der Waals surface area contributed by atoms with Crippen LogP contribution in [-0.4, -0.2) is 22.8 Å². The second-order valence-corrected chi connectivity index (χ2v) is 7.07. The molecule has 1 aromatic carbocycles. The van der Waals surface area contributed by atoms with Crippen molar-refractivity contribution in [3.05, 3.63) is 34.4 Å². The Morgan fingerprint density at radius 1 is 1.22 bits per heavy atom. The molecular weight excluding hydrogens is 286 g/mol. The van der Waals surface area contributed by atoms with Gasteiger partial charge in [-0.1, -0.05) is 40.5 Å². The highest BCUT2D eigenvalue weighted by molar-refractivity contribution is 9.09. The molecule has 0 N–H and O–H groups in total. The van der Waals surface area contributed by atoms with Gasteiger partial charge in [-0.25, -0.2) is 0 Å². The zero-order chi connectivity index (χ0) is 13.3. The summed E-state index contributed by atoms with van der Waals surface area (Å²) < 4.78 is 0. The van der Waals surface area contributed by atoms with E-state index in [-0.39, 0.29) is 0 Å². The number of aryl methyl sites for hydroxylation is 3. The SMILES string of the molecule is Cc1cc(C)c(CN2CCC(Br)C(C)C2)c(C)c1. The normalized spacial score (nSPS) is 25.4. The van der Waals surface area contributed by atoms with Crippen molar-refractivity contribution in [2.45, 2.75) is 45.5 Å². The molecule has 2 heteroatoms. The third-order valence-corrected chi connectivity index (χ3v) is 5.47. The molecule has 2 rings (SSSR count). The van der Waals surface area contributed by atoms with E-state index >= 15 is 0 Å². The molecule has 1 heterocycles. The first kappa shape index (κ1) is 14.1. The Labute approximate surface area is 120 Å². The van der Waals surface area contributed by atoms with Crippen molar-refractivity contribution in [1.82, 2.24) is 4.90 Å². The van der Waals surface area contributed by atoms with E-state index < -0.39 is 0 Å². The van der Waals surface area contributed by atoms with E-state index in [2.05, 4.69) is 60.7 Å². The molecular formula is C16H24BrN. The molecule has 1 aromatic rings. The molecule has 0 radical (unpaired) electrons. The smallest absolute Gasteiger partial charge is 0.0239 e. The van der Waals surface area contributed by atoms with Crippen LogP contribution in [0.1, 0.15) is 35.6 Å². The van der Waals surface area contributed by atoms with Crippen molar-refractivity contribution in [2.24, 2.45) is 5.92 Å². The van der Waals surface area contributed by atoms with Crippen LogP contribution in [0.3, 0.4) is 0 Å². The second kappa shape index (κ2) is 5.75. The first-order valence-corrected chi connectivity index (χ1v) is 7.82. The van der Waals surface area contributed by atoms with Crippen molar-refractivity contribution >= 4 is 15.9 Å². The van der Waals surface area contributed by atoms with Gasteiger partial charge in [-0.3, -0.25) is 4.90 Å².